The van der Waals surface area contributed by atoms with Crippen molar-refractivity contribution in [2.75, 3.05) is 5.73 Å². The number of aromatic nitrogens is 6. The van der Waals surface area contributed by atoms with Crippen molar-refractivity contribution in [1.29, 1.82) is 0 Å². The predicted octanol–water partition coefficient (Wildman–Crippen LogP) is 1.46. The maximum Gasteiger partial charge on any atom is 0.257 e. The minimum absolute atomic E-state index is 0.0464. The largest absolute Gasteiger partial charge is 0.368 e. The average Bonchev–Trinajstić information content (AvgIpc) is 2.96. The van der Waals surface area contributed by atoms with E-state index in [1.54, 1.807) is 0 Å². The van der Waals surface area contributed by atoms with E-state index in [1.165, 1.54) is 17.3 Å². The van der Waals surface area contributed by atoms with Crippen molar-refractivity contribution in [3.8, 4) is 5.95 Å². The predicted molar refractivity (Wildman–Crippen MR) is 69.6 cm³/mol. The van der Waals surface area contributed by atoms with Crippen molar-refractivity contribution in [3.05, 3.63) is 42.5 Å². The molecule has 2 N–H and O–H groups in total. The molecule has 0 bridgehead atoms. The monoisotopic (exact) mass is 307 g/mol. The first-order valence-electron chi connectivity index (χ1n) is 5.61. The van der Waals surface area contributed by atoms with Crippen LogP contribution in [0.1, 0.15) is 0 Å². The highest BCUT2D eigenvalue weighted by atomic mass is 32.2. The fourth-order valence-electron chi connectivity index (χ4n) is 1.47. The third-order valence-electron chi connectivity index (χ3n) is 2.34. The Bertz CT molecular complexity index is 778. The number of nitrogens with two attached hydrogens (primary N) is 1. The van der Waals surface area contributed by atoms with Gasteiger partial charge in [-0.2, -0.15) is 24.7 Å². The van der Waals surface area contributed by atoms with E-state index in [-0.39, 0.29) is 21.9 Å². The Labute approximate surface area is 121 Å². The summed E-state index contributed by atoms with van der Waals surface area (Å²) in [5.74, 6) is -1.06. The number of hydrogen-bond donors (Lipinski definition) is 1. The molecule has 0 saturated heterocycles. The third kappa shape index (κ3) is 2.94. The van der Waals surface area contributed by atoms with Crippen LogP contribution in [0.2, 0.25) is 0 Å². The minimum Gasteiger partial charge on any atom is -0.368 e. The number of rotatable bonds is 3. The summed E-state index contributed by atoms with van der Waals surface area (Å²) in [5.41, 5.74) is 5.58. The molecule has 2 heterocycles. The molecule has 0 radical (unpaired) electrons. The number of nitrogen functional groups attached to an aromatic ring is 1. The second-order valence-electron chi connectivity index (χ2n) is 3.79. The summed E-state index contributed by atoms with van der Waals surface area (Å²) in [7, 11) is 0. The van der Waals surface area contributed by atoms with Crippen molar-refractivity contribution in [2.45, 2.75) is 10.1 Å². The molecule has 21 heavy (non-hydrogen) atoms. The van der Waals surface area contributed by atoms with Crippen LogP contribution in [0.4, 0.5) is 14.7 Å². The zero-order chi connectivity index (χ0) is 14.8. The second kappa shape index (κ2) is 5.40. The molecule has 0 saturated carbocycles. The molecule has 0 unspecified atom stereocenters. The number of halogens is 2. The van der Waals surface area contributed by atoms with Crippen LogP contribution in [0.25, 0.3) is 5.95 Å². The summed E-state index contributed by atoms with van der Waals surface area (Å²) in [6, 6.07) is 3.11. The fourth-order valence-corrected chi connectivity index (χ4v) is 2.27. The fraction of sp³-hybridized carbons (Fsp3) is 0. The summed E-state index contributed by atoms with van der Waals surface area (Å²) >= 11 is 0.835. The van der Waals surface area contributed by atoms with Gasteiger partial charge in [-0.1, -0.05) is 0 Å². The summed E-state index contributed by atoms with van der Waals surface area (Å²) in [6.45, 7) is 0. The maximum absolute atomic E-state index is 13.6. The SMILES string of the molecule is Nc1nc(Sc2cc(F)ccc2F)nc(-n2cncn2)n1. The van der Waals surface area contributed by atoms with Gasteiger partial charge in [-0.05, 0) is 30.0 Å². The number of benzene rings is 1. The topological polar surface area (TPSA) is 95.4 Å². The van der Waals surface area contributed by atoms with Gasteiger partial charge in [0.15, 0.2) is 5.16 Å². The Morgan fingerprint density at radius 1 is 1.14 bits per heavy atom. The Morgan fingerprint density at radius 3 is 2.76 bits per heavy atom. The highest BCUT2D eigenvalue weighted by Gasteiger charge is 2.12. The van der Waals surface area contributed by atoms with Crippen molar-refractivity contribution in [3.63, 3.8) is 0 Å². The number of nitrogens with zero attached hydrogens (tertiary/aromatic N) is 6. The van der Waals surface area contributed by atoms with Gasteiger partial charge in [-0.3, -0.25) is 0 Å². The van der Waals surface area contributed by atoms with E-state index < -0.39 is 11.6 Å². The van der Waals surface area contributed by atoms with Crippen LogP contribution in [0, 0.1) is 11.6 Å². The second-order valence-corrected chi connectivity index (χ2v) is 4.80. The van der Waals surface area contributed by atoms with Crippen molar-refractivity contribution < 1.29 is 8.78 Å². The van der Waals surface area contributed by atoms with Gasteiger partial charge < -0.3 is 5.73 Å². The molecular weight excluding hydrogens is 300 g/mol. The summed E-state index contributed by atoms with van der Waals surface area (Å²) in [5, 5.41) is 3.98. The molecule has 10 heteroatoms. The maximum atomic E-state index is 13.6. The zero-order valence-corrected chi connectivity index (χ0v) is 11.1. The molecule has 0 fully saturated rings. The molecule has 1 aromatic carbocycles. The normalized spacial score (nSPS) is 10.8. The van der Waals surface area contributed by atoms with Crippen LogP contribution >= 0.6 is 11.8 Å². The molecule has 0 aliphatic heterocycles. The first kappa shape index (κ1) is 13.4. The molecule has 2 aromatic heterocycles. The van der Waals surface area contributed by atoms with Crippen molar-refractivity contribution in [1.82, 2.24) is 29.7 Å². The molecular formula is C11H7F2N7S. The third-order valence-corrected chi connectivity index (χ3v) is 3.24. The lowest BCUT2D eigenvalue weighted by Gasteiger charge is -2.05. The quantitative estimate of drug-likeness (QED) is 0.782. The van der Waals surface area contributed by atoms with E-state index in [4.69, 9.17) is 5.73 Å². The summed E-state index contributed by atoms with van der Waals surface area (Å²) < 4.78 is 28.0. The first-order chi connectivity index (χ1) is 10.1. The lowest BCUT2D eigenvalue weighted by molar-refractivity contribution is 0.577. The van der Waals surface area contributed by atoms with Crippen molar-refractivity contribution in [2.24, 2.45) is 0 Å². The van der Waals surface area contributed by atoms with Crippen LogP contribution in [-0.2, 0) is 0 Å². The van der Waals surface area contributed by atoms with Crippen LogP contribution < -0.4 is 5.73 Å². The Kier molecular flexibility index (Phi) is 3.44. The minimum atomic E-state index is -0.581. The van der Waals surface area contributed by atoms with Crippen LogP contribution in [0.15, 0.2) is 40.9 Å². The lowest BCUT2D eigenvalue weighted by Crippen LogP contribution is -2.07. The van der Waals surface area contributed by atoms with Crippen LogP contribution in [0.5, 0.6) is 0 Å². The van der Waals surface area contributed by atoms with E-state index in [2.05, 4.69) is 25.0 Å². The van der Waals surface area contributed by atoms with Crippen LogP contribution in [-0.4, -0.2) is 29.7 Å². The molecule has 0 atom stereocenters. The Hall–Kier alpha value is -2.62. The summed E-state index contributed by atoms with van der Waals surface area (Å²) in [4.78, 5) is 15.7. The number of anilines is 1. The van der Waals surface area contributed by atoms with E-state index in [1.807, 2.05) is 0 Å². The van der Waals surface area contributed by atoms with Gasteiger partial charge >= 0.3 is 0 Å². The smallest absolute Gasteiger partial charge is 0.257 e. The van der Waals surface area contributed by atoms with Gasteiger partial charge in [-0.25, -0.2) is 13.8 Å². The van der Waals surface area contributed by atoms with Crippen LogP contribution in [0.3, 0.4) is 0 Å². The molecule has 3 rings (SSSR count). The Morgan fingerprint density at radius 2 is 2.00 bits per heavy atom. The zero-order valence-electron chi connectivity index (χ0n) is 10.3. The van der Waals surface area contributed by atoms with E-state index in [0.717, 1.165) is 30.0 Å². The molecule has 0 spiro atoms. The highest BCUT2D eigenvalue weighted by molar-refractivity contribution is 7.99. The van der Waals surface area contributed by atoms with Gasteiger partial charge in [0.25, 0.3) is 5.95 Å². The van der Waals surface area contributed by atoms with E-state index in [9.17, 15) is 8.78 Å². The van der Waals surface area contributed by atoms with Gasteiger partial charge in [-0.15, -0.1) is 0 Å². The molecule has 0 aliphatic carbocycles. The number of hydrogen-bond acceptors (Lipinski definition) is 7. The van der Waals surface area contributed by atoms with E-state index >= 15 is 0 Å². The van der Waals surface area contributed by atoms with Crippen molar-refractivity contribution >= 4 is 17.7 Å². The Balaban J connectivity index is 1.97. The molecule has 7 nitrogen and oxygen atoms in total. The molecule has 106 valence electrons. The summed E-state index contributed by atoms with van der Waals surface area (Å²) in [6.07, 6.45) is 2.69. The average molecular weight is 307 g/mol. The van der Waals surface area contributed by atoms with Gasteiger partial charge in [0.1, 0.15) is 24.3 Å². The molecule has 0 aliphatic rings. The standard InChI is InChI=1S/C11H7F2N7S/c12-6-1-2-7(13)8(3-6)21-11-18-9(14)17-10(19-11)20-5-15-4-16-20/h1-5H,(H2,14,17,18,19). The van der Waals surface area contributed by atoms with E-state index in [0.29, 0.717) is 0 Å². The van der Waals surface area contributed by atoms with Gasteiger partial charge in [0.2, 0.25) is 5.95 Å². The van der Waals surface area contributed by atoms with Gasteiger partial charge in [0, 0.05) is 0 Å². The highest BCUT2D eigenvalue weighted by Crippen LogP contribution is 2.28. The lowest BCUT2D eigenvalue weighted by atomic mass is 10.3. The molecule has 3 aromatic rings. The first-order valence-corrected chi connectivity index (χ1v) is 6.43. The molecule has 0 amide bonds. The van der Waals surface area contributed by atoms with Gasteiger partial charge in [0.05, 0.1) is 4.90 Å².